The van der Waals surface area contributed by atoms with Gasteiger partial charge in [0.1, 0.15) is 5.65 Å². The van der Waals surface area contributed by atoms with Crippen molar-refractivity contribution >= 4 is 81.4 Å². The van der Waals surface area contributed by atoms with Crippen molar-refractivity contribution in [1.82, 2.24) is 9.38 Å². The van der Waals surface area contributed by atoms with Crippen LogP contribution in [0.25, 0.3) is 104 Å². The Morgan fingerprint density at radius 3 is 1.63 bits per heavy atom. The lowest BCUT2D eigenvalue weighted by Crippen LogP contribution is -1.93. The molecule has 0 spiro atoms. The van der Waals surface area contributed by atoms with E-state index in [1.54, 1.807) is 0 Å². The number of imidazole rings is 1. The van der Waals surface area contributed by atoms with Crippen molar-refractivity contribution in [3.05, 3.63) is 170 Å². The van der Waals surface area contributed by atoms with Crippen LogP contribution in [-0.4, -0.2) is 9.38 Å². The number of aromatic nitrogens is 2. The summed E-state index contributed by atoms with van der Waals surface area (Å²) in [5.74, 6) is 0. The molecule has 0 aliphatic carbocycles. The molecule has 0 aliphatic rings. The molecule has 226 valence electrons. The van der Waals surface area contributed by atoms with Crippen LogP contribution in [0, 0.1) is 0 Å². The monoisotopic (exact) mass is 620 g/mol. The number of para-hydroxylation sites is 2. The molecule has 2 heterocycles. The zero-order chi connectivity index (χ0) is 32.1. The molecular formula is C47H28N2. The maximum atomic E-state index is 5.19. The van der Waals surface area contributed by atoms with Gasteiger partial charge in [-0.2, -0.15) is 0 Å². The number of fused-ring (bicyclic) bond motifs is 16. The largest absolute Gasteiger partial charge is 0.292 e. The van der Waals surface area contributed by atoms with Crippen molar-refractivity contribution in [1.29, 1.82) is 0 Å². The van der Waals surface area contributed by atoms with Gasteiger partial charge < -0.3 is 0 Å². The third kappa shape index (κ3) is 3.80. The average Bonchev–Trinajstić information content (AvgIpc) is 3.57. The van der Waals surface area contributed by atoms with E-state index in [2.05, 4.69) is 174 Å². The molecule has 0 saturated heterocycles. The molecule has 0 atom stereocenters. The van der Waals surface area contributed by atoms with Crippen molar-refractivity contribution in [2.24, 2.45) is 0 Å². The van der Waals surface area contributed by atoms with Crippen molar-refractivity contribution in [2.75, 3.05) is 0 Å². The van der Waals surface area contributed by atoms with Crippen LogP contribution in [0.2, 0.25) is 0 Å². The smallest absolute Gasteiger partial charge is 0.147 e. The fourth-order valence-electron chi connectivity index (χ4n) is 8.27. The van der Waals surface area contributed by atoms with E-state index in [4.69, 9.17) is 4.98 Å². The Bertz CT molecular complexity index is 3130. The van der Waals surface area contributed by atoms with Crippen molar-refractivity contribution < 1.29 is 0 Å². The van der Waals surface area contributed by atoms with Crippen molar-refractivity contribution in [3.8, 4) is 22.3 Å². The molecule has 2 heteroatoms. The summed E-state index contributed by atoms with van der Waals surface area (Å²) < 4.78 is 2.35. The molecule has 0 aliphatic heterocycles. The molecule has 11 aromatic rings. The molecule has 0 unspecified atom stereocenters. The quantitative estimate of drug-likeness (QED) is 0.176. The number of benzene rings is 9. The summed E-state index contributed by atoms with van der Waals surface area (Å²) in [5.41, 5.74) is 9.15. The van der Waals surface area contributed by atoms with Gasteiger partial charge in [-0.1, -0.05) is 133 Å². The zero-order valence-electron chi connectivity index (χ0n) is 26.6. The Balaban J connectivity index is 1.14. The van der Waals surface area contributed by atoms with Crippen molar-refractivity contribution in [2.45, 2.75) is 0 Å². The first-order valence-corrected chi connectivity index (χ1v) is 16.9. The van der Waals surface area contributed by atoms with E-state index in [-0.39, 0.29) is 0 Å². The summed E-state index contributed by atoms with van der Waals surface area (Å²) in [6.45, 7) is 0. The van der Waals surface area contributed by atoms with Gasteiger partial charge in [0.15, 0.2) is 0 Å². The maximum absolute atomic E-state index is 5.19. The summed E-state index contributed by atoms with van der Waals surface area (Å²) in [5, 5.41) is 13.9. The van der Waals surface area contributed by atoms with Gasteiger partial charge in [-0.25, -0.2) is 4.98 Å². The standard InChI is InChI=1S/C47H28N2/c1-2-13-34-29(10-1)20-24-40-42-28-33(22-25-44(42)49-45-19-8-7-18-43(45)48-47(49)46(34)40)31-12-9-11-30(26-31)32-21-23-39-37-16-4-3-14-35(37)36-15-5-6-17-38(36)41(39)27-32/h1-28H. The second-order valence-electron chi connectivity index (χ2n) is 13.1. The van der Waals surface area contributed by atoms with Crippen LogP contribution >= 0.6 is 0 Å². The first-order valence-electron chi connectivity index (χ1n) is 16.9. The fourth-order valence-corrected chi connectivity index (χ4v) is 8.27. The van der Waals surface area contributed by atoms with Crippen LogP contribution in [-0.2, 0) is 0 Å². The van der Waals surface area contributed by atoms with Crippen LogP contribution < -0.4 is 0 Å². The lowest BCUT2D eigenvalue weighted by atomic mass is 9.91. The topological polar surface area (TPSA) is 17.3 Å². The minimum absolute atomic E-state index is 1.01. The normalized spacial score (nSPS) is 12.1. The molecule has 0 amide bonds. The average molecular weight is 621 g/mol. The Morgan fingerprint density at radius 1 is 0.327 bits per heavy atom. The van der Waals surface area contributed by atoms with E-state index in [1.165, 1.54) is 87.0 Å². The van der Waals surface area contributed by atoms with E-state index in [9.17, 15) is 0 Å². The van der Waals surface area contributed by atoms with Gasteiger partial charge in [-0.3, -0.25) is 4.40 Å². The van der Waals surface area contributed by atoms with Gasteiger partial charge in [0.05, 0.1) is 16.6 Å². The molecule has 11 rings (SSSR count). The van der Waals surface area contributed by atoms with Gasteiger partial charge in [-0.15, -0.1) is 0 Å². The predicted octanol–water partition coefficient (Wildman–Crippen LogP) is 12.7. The second kappa shape index (κ2) is 10.00. The van der Waals surface area contributed by atoms with E-state index in [1.807, 2.05) is 0 Å². The molecule has 0 N–H and O–H groups in total. The second-order valence-corrected chi connectivity index (χ2v) is 13.1. The van der Waals surface area contributed by atoms with E-state index in [0.717, 1.165) is 16.7 Å². The SMILES string of the molecule is c1cc(-c2ccc3c4ccccc4c4ccccc4c3c2)cc(-c2ccc3c(c2)c2ccc4ccccc4c2c2nc4ccccc4n32)c1. The summed E-state index contributed by atoms with van der Waals surface area (Å²) >= 11 is 0. The van der Waals surface area contributed by atoms with Crippen LogP contribution in [0.1, 0.15) is 0 Å². The molecule has 49 heavy (non-hydrogen) atoms. The Labute approximate surface area is 282 Å². The first kappa shape index (κ1) is 26.5. The van der Waals surface area contributed by atoms with E-state index in [0.29, 0.717) is 0 Å². The molecule has 0 saturated carbocycles. The fraction of sp³-hybridized carbons (Fsp3) is 0. The highest BCUT2D eigenvalue weighted by atomic mass is 15.0. The maximum Gasteiger partial charge on any atom is 0.147 e. The predicted molar refractivity (Wildman–Crippen MR) is 209 cm³/mol. The molecule has 0 bridgehead atoms. The van der Waals surface area contributed by atoms with E-state index >= 15 is 0 Å². The van der Waals surface area contributed by atoms with Crippen molar-refractivity contribution in [3.63, 3.8) is 0 Å². The third-order valence-electron chi connectivity index (χ3n) is 10.5. The lowest BCUT2D eigenvalue weighted by molar-refractivity contribution is 1.32. The zero-order valence-corrected chi connectivity index (χ0v) is 26.6. The summed E-state index contributed by atoms with van der Waals surface area (Å²) in [4.78, 5) is 5.19. The van der Waals surface area contributed by atoms with Crippen LogP contribution in [0.4, 0.5) is 0 Å². The number of hydrogen-bond acceptors (Lipinski definition) is 1. The van der Waals surface area contributed by atoms with Crippen LogP contribution in [0.3, 0.4) is 0 Å². The minimum atomic E-state index is 1.01. The number of nitrogens with zero attached hydrogens (tertiary/aromatic N) is 2. The Hall–Kier alpha value is -6.51. The summed E-state index contributed by atoms with van der Waals surface area (Å²) in [6.07, 6.45) is 0. The van der Waals surface area contributed by atoms with Gasteiger partial charge in [0.2, 0.25) is 0 Å². The van der Waals surface area contributed by atoms with Gasteiger partial charge in [0, 0.05) is 10.8 Å². The third-order valence-corrected chi connectivity index (χ3v) is 10.5. The molecule has 2 aromatic heterocycles. The first-order chi connectivity index (χ1) is 24.3. The van der Waals surface area contributed by atoms with Gasteiger partial charge in [0.25, 0.3) is 0 Å². The highest BCUT2D eigenvalue weighted by Gasteiger charge is 2.17. The number of hydrogen-bond donors (Lipinski definition) is 0. The van der Waals surface area contributed by atoms with Crippen LogP contribution in [0.5, 0.6) is 0 Å². The summed E-state index contributed by atoms with van der Waals surface area (Å²) in [7, 11) is 0. The molecule has 0 radical (unpaired) electrons. The minimum Gasteiger partial charge on any atom is -0.292 e. The molecular weight excluding hydrogens is 593 g/mol. The molecule has 2 nitrogen and oxygen atoms in total. The van der Waals surface area contributed by atoms with Gasteiger partial charge in [-0.05, 0) is 107 Å². The molecule has 9 aromatic carbocycles. The van der Waals surface area contributed by atoms with E-state index < -0.39 is 0 Å². The highest BCUT2D eigenvalue weighted by molar-refractivity contribution is 6.26. The number of rotatable bonds is 2. The highest BCUT2D eigenvalue weighted by Crippen LogP contribution is 2.40. The van der Waals surface area contributed by atoms with Gasteiger partial charge >= 0.3 is 0 Å². The lowest BCUT2D eigenvalue weighted by Gasteiger charge is -2.14. The summed E-state index contributed by atoms with van der Waals surface area (Å²) in [6, 6.07) is 62.1. The number of pyridine rings is 1. The Kier molecular flexibility index (Phi) is 5.42. The molecule has 0 fully saturated rings. The Morgan fingerprint density at radius 2 is 0.878 bits per heavy atom. The van der Waals surface area contributed by atoms with Crippen LogP contribution in [0.15, 0.2) is 170 Å².